The maximum Gasteiger partial charge on any atom is 0.335 e. The lowest BCUT2D eigenvalue weighted by molar-refractivity contribution is 0.0696. The van der Waals surface area contributed by atoms with E-state index in [1.54, 1.807) is 44.2 Å². The van der Waals surface area contributed by atoms with Crippen molar-refractivity contribution in [1.29, 1.82) is 0 Å². The molecule has 2 aromatic carbocycles. The zero-order chi connectivity index (χ0) is 27.0. The average Bonchev–Trinajstić information content (AvgIpc) is 3.47. The molecule has 0 bridgehead atoms. The monoisotopic (exact) mass is 514 g/mol. The molecule has 0 aliphatic carbocycles. The molecule has 0 fully saturated rings. The van der Waals surface area contributed by atoms with Crippen molar-refractivity contribution in [3.05, 3.63) is 99.2 Å². The van der Waals surface area contributed by atoms with Crippen LogP contribution >= 0.6 is 0 Å². The molecule has 3 heterocycles. The van der Waals surface area contributed by atoms with Crippen molar-refractivity contribution in [3.63, 3.8) is 0 Å². The van der Waals surface area contributed by atoms with Crippen LogP contribution in [0.25, 0.3) is 16.7 Å². The Balaban J connectivity index is 1.37. The van der Waals surface area contributed by atoms with E-state index < -0.39 is 29.5 Å². The number of aromatic amines is 1. The van der Waals surface area contributed by atoms with E-state index in [2.05, 4.69) is 25.6 Å². The summed E-state index contributed by atoms with van der Waals surface area (Å²) < 4.78 is 6.54. The lowest BCUT2D eigenvalue weighted by Crippen LogP contribution is -2.32. The molecule has 5 rings (SSSR count). The molecule has 12 nitrogen and oxygen atoms in total. The molecular weight excluding hydrogens is 492 g/mol. The van der Waals surface area contributed by atoms with Crippen molar-refractivity contribution >= 4 is 34.5 Å². The maximum absolute atomic E-state index is 13.2. The van der Waals surface area contributed by atoms with E-state index in [0.717, 1.165) is 9.96 Å². The van der Waals surface area contributed by atoms with Gasteiger partial charge in [0.2, 0.25) is 0 Å². The van der Waals surface area contributed by atoms with Crippen molar-refractivity contribution in [2.75, 3.05) is 0 Å². The van der Waals surface area contributed by atoms with Crippen molar-refractivity contribution in [3.8, 4) is 0 Å². The van der Waals surface area contributed by atoms with Crippen LogP contribution in [0.4, 0.5) is 0 Å². The largest absolute Gasteiger partial charge is 0.478 e. The zero-order valence-electron chi connectivity index (χ0n) is 20.3. The predicted molar refractivity (Wildman–Crippen MR) is 135 cm³/mol. The number of rotatable bonds is 7. The number of benzene rings is 2. The number of H-pyrrole nitrogens is 1. The number of nitrogens with zero attached hydrogens (tertiary/aromatic N) is 3. The molecule has 0 aliphatic heterocycles. The number of aromatic carboxylic acids is 1. The fraction of sp³-hybridized carbons (Fsp3) is 0.154. The molecule has 1 atom stereocenters. The molecule has 0 aliphatic rings. The minimum Gasteiger partial charge on any atom is -0.478 e. The van der Waals surface area contributed by atoms with E-state index in [1.165, 1.54) is 24.4 Å². The Kier molecular flexibility index (Phi) is 6.21. The first-order valence-electron chi connectivity index (χ1n) is 11.6. The smallest absolute Gasteiger partial charge is 0.335 e. The topological polar surface area (TPSA) is 172 Å². The molecule has 12 heteroatoms. The normalized spacial score (nSPS) is 11.9. The number of fused-ring (bicyclic) bond motifs is 2. The van der Waals surface area contributed by atoms with Gasteiger partial charge in [-0.2, -0.15) is 0 Å². The minimum atomic E-state index is -1.06. The molecule has 2 amide bonds. The standard InChI is InChI=1S/C26H22N6O6/c1-13(16-4-6-17(7-5-16)25(35)36)29-24(34)20-10-19(31-22-12-28-26(37)32(20)22)23(33)27-11-15-3-8-21-18(9-15)30-14(2)38-21/h3-10,12-13H,11H2,1-2H3,(H,27,33)(H,28,37)(H,29,34)(H,35,36)/t13-/m1/s1. The molecule has 0 saturated carbocycles. The van der Waals surface area contributed by atoms with Gasteiger partial charge in [-0.15, -0.1) is 0 Å². The van der Waals surface area contributed by atoms with Crippen LogP contribution in [0.5, 0.6) is 0 Å². The van der Waals surface area contributed by atoms with Gasteiger partial charge in [0, 0.05) is 19.7 Å². The van der Waals surface area contributed by atoms with Crippen molar-refractivity contribution in [2.24, 2.45) is 0 Å². The Morgan fingerprint density at radius 1 is 1.08 bits per heavy atom. The number of imidazole rings is 1. The summed E-state index contributed by atoms with van der Waals surface area (Å²) in [6.45, 7) is 3.64. The summed E-state index contributed by atoms with van der Waals surface area (Å²) in [4.78, 5) is 60.6. The van der Waals surface area contributed by atoms with Crippen LogP contribution < -0.4 is 16.3 Å². The van der Waals surface area contributed by atoms with E-state index in [0.29, 0.717) is 22.6 Å². The highest BCUT2D eigenvalue weighted by molar-refractivity contribution is 5.98. The first-order chi connectivity index (χ1) is 18.2. The molecule has 5 aromatic rings. The molecular formula is C26H22N6O6. The highest BCUT2D eigenvalue weighted by Crippen LogP contribution is 2.18. The quantitative estimate of drug-likeness (QED) is 0.257. The van der Waals surface area contributed by atoms with Crippen molar-refractivity contribution in [1.82, 2.24) is 30.0 Å². The van der Waals surface area contributed by atoms with E-state index in [9.17, 15) is 19.2 Å². The van der Waals surface area contributed by atoms with Crippen LogP contribution in [-0.2, 0) is 6.54 Å². The number of nitrogens with one attached hydrogen (secondary N) is 3. The predicted octanol–water partition coefficient (Wildman–Crippen LogP) is 2.59. The molecule has 0 unspecified atom stereocenters. The van der Waals surface area contributed by atoms with Gasteiger partial charge in [-0.3, -0.25) is 9.59 Å². The third kappa shape index (κ3) is 4.74. The third-order valence-corrected chi connectivity index (χ3v) is 5.99. The summed E-state index contributed by atoms with van der Waals surface area (Å²) in [5.41, 5.74) is 2.27. The lowest BCUT2D eigenvalue weighted by atomic mass is 10.1. The van der Waals surface area contributed by atoms with Gasteiger partial charge in [0.05, 0.1) is 11.6 Å². The number of carboxylic acid groups (broad SMARTS) is 1. The average molecular weight is 514 g/mol. The van der Waals surface area contributed by atoms with Crippen LogP contribution in [-0.4, -0.2) is 42.2 Å². The Bertz CT molecular complexity index is 1760. The molecule has 0 spiro atoms. The minimum absolute atomic E-state index is 0.0500. The van der Waals surface area contributed by atoms with Gasteiger partial charge in [-0.25, -0.2) is 24.0 Å². The SMILES string of the molecule is Cc1nc2cc(CNC(=O)c3cc(C(=O)N[C@H](C)c4ccc(C(=O)O)cc4)n4c(=O)[nH]cc4n3)ccc2o1. The number of carboxylic acids is 1. The van der Waals surface area contributed by atoms with Gasteiger partial charge in [0.25, 0.3) is 11.8 Å². The fourth-order valence-electron chi connectivity index (χ4n) is 4.05. The number of aromatic nitrogens is 4. The summed E-state index contributed by atoms with van der Waals surface area (Å²) in [5.74, 6) is -1.67. The number of aryl methyl sites for hydroxylation is 1. The summed E-state index contributed by atoms with van der Waals surface area (Å²) >= 11 is 0. The first-order valence-corrected chi connectivity index (χ1v) is 11.6. The van der Waals surface area contributed by atoms with E-state index >= 15 is 0 Å². The Morgan fingerprint density at radius 2 is 1.84 bits per heavy atom. The maximum atomic E-state index is 13.2. The van der Waals surface area contributed by atoms with Gasteiger partial charge < -0.3 is 25.1 Å². The second-order valence-corrected chi connectivity index (χ2v) is 8.65. The van der Waals surface area contributed by atoms with E-state index in [-0.39, 0.29) is 29.1 Å². The van der Waals surface area contributed by atoms with E-state index in [4.69, 9.17) is 9.52 Å². The summed E-state index contributed by atoms with van der Waals surface area (Å²) in [6.07, 6.45) is 1.31. The lowest BCUT2D eigenvalue weighted by Gasteiger charge is -2.15. The number of oxazole rings is 1. The molecule has 0 radical (unpaired) electrons. The first kappa shape index (κ1) is 24.4. The highest BCUT2D eigenvalue weighted by atomic mass is 16.4. The van der Waals surface area contributed by atoms with Crippen LogP contribution in [0.1, 0.15) is 61.3 Å². The van der Waals surface area contributed by atoms with Gasteiger partial charge >= 0.3 is 11.7 Å². The highest BCUT2D eigenvalue weighted by Gasteiger charge is 2.20. The molecule has 0 saturated heterocycles. The second-order valence-electron chi connectivity index (χ2n) is 8.65. The van der Waals surface area contributed by atoms with Crippen LogP contribution in [0.3, 0.4) is 0 Å². The van der Waals surface area contributed by atoms with Gasteiger partial charge in [-0.1, -0.05) is 18.2 Å². The Hall–Kier alpha value is -5.26. The number of hydrogen-bond donors (Lipinski definition) is 4. The van der Waals surface area contributed by atoms with Crippen LogP contribution in [0.15, 0.2) is 63.9 Å². The molecule has 4 N–H and O–H groups in total. The second kappa shape index (κ2) is 9.65. The number of hydrogen-bond acceptors (Lipinski definition) is 7. The van der Waals surface area contributed by atoms with Gasteiger partial charge in [0.15, 0.2) is 17.1 Å². The molecule has 38 heavy (non-hydrogen) atoms. The Morgan fingerprint density at radius 3 is 2.58 bits per heavy atom. The summed E-state index contributed by atoms with van der Waals surface area (Å²) in [7, 11) is 0. The summed E-state index contributed by atoms with van der Waals surface area (Å²) in [6, 6.07) is 12.2. The van der Waals surface area contributed by atoms with Gasteiger partial charge in [0.1, 0.15) is 16.9 Å². The van der Waals surface area contributed by atoms with Crippen LogP contribution in [0.2, 0.25) is 0 Å². The number of carbonyl (C=O) groups is 3. The summed E-state index contributed by atoms with van der Waals surface area (Å²) in [5, 5.41) is 14.6. The third-order valence-electron chi connectivity index (χ3n) is 5.99. The van der Waals surface area contributed by atoms with Crippen molar-refractivity contribution in [2.45, 2.75) is 26.4 Å². The fourth-order valence-corrected chi connectivity index (χ4v) is 4.05. The Labute approximate surface area is 214 Å². The van der Waals surface area contributed by atoms with Gasteiger partial charge in [-0.05, 0) is 48.4 Å². The van der Waals surface area contributed by atoms with Crippen molar-refractivity contribution < 1.29 is 23.9 Å². The zero-order valence-corrected chi connectivity index (χ0v) is 20.3. The van der Waals surface area contributed by atoms with Crippen LogP contribution in [0, 0.1) is 6.92 Å². The number of carbonyl (C=O) groups excluding carboxylic acids is 2. The van der Waals surface area contributed by atoms with E-state index in [1.807, 2.05) is 0 Å². The molecule has 3 aromatic heterocycles. The molecule has 192 valence electrons. The number of amides is 2.